The van der Waals surface area contributed by atoms with E-state index in [9.17, 15) is 9.65 Å². The van der Waals surface area contributed by atoms with Gasteiger partial charge in [-0.15, -0.1) is 11.3 Å². The fourth-order valence-corrected chi connectivity index (χ4v) is 3.48. The Bertz CT molecular complexity index is 1130. The minimum atomic E-state index is -0.291. The van der Waals surface area contributed by atoms with Gasteiger partial charge in [-0.2, -0.15) is 10.4 Å². The molecule has 4 rings (SSSR count). The molecule has 2 aromatic carbocycles. The third-order valence-corrected chi connectivity index (χ3v) is 4.90. The zero-order valence-corrected chi connectivity index (χ0v) is 14.9. The summed E-state index contributed by atoms with van der Waals surface area (Å²) in [7, 11) is 0. The number of hydrogen-bond donors (Lipinski definition) is 1. The molecule has 0 saturated heterocycles. The second-order valence-electron chi connectivity index (χ2n) is 5.78. The summed E-state index contributed by atoms with van der Waals surface area (Å²) in [5, 5.41) is 19.2. The largest absolute Gasteiger partial charge is 0.277 e. The fraction of sp³-hybridized carbons (Fsp3) is 0. The van der Waals surface area contributed by atoms with Crippen LogP contribution in [0.1, 0.15) is 10.6 Å². The molecule has 0 saturated carbocycles. The molecule has 6 heteroatoms. The van der Waals surface area contributed by atoms with Crippen molar-refractivity contribution in [2.24, 2.45) is 0 Å². The second-order valence-corrected chi connectivity index (χ2v) is 6.64. The van der Waals surface area contributed by atoms with Gasteiger partial charge >= 0.3 is 0 Å². The van der Waals surface area contributed by atoms with Crippen molar-refractivity contribution in [3.05, 3.63) is 82.6 Å². The van der Waals surface area contributed by atoms with Gasteiger partial charge in [-0.3, -0.25) is 5.10 Å². The lowest BCUT2D eigenvalue weighted by atomic mass is 10.1. The number of thiazole rings is 1. The molecule has 4 aromatic rings. The van der Waals surface area contributed by atoms with Gasteiger partial charge in [-0.05, 0) is 30.3 Å². The normalized spacial score (nSPS) is 11.3. The van der Waals surface area contributed by atoms with E-state index in [1.54, 1.807) is 24.4 Å². The smallest absolute Gasteiger partial charge is 0.134 e. The van der Waals surface area contributed by atoms with Crippen molar-refractivity contribution in [3.8, 4) is 28.6 Å². The highest BCUT2D eigenvalue weighted by molar-refractivity contribution is 7.11. The van der Waals surface area contributed by atoms with Gasteiger partial charge in [0.25, 0.3) is 0 Å². The first-order chi connectivity index (χ1) is 13.2. The molecular weight excluding hydrogens is 359 g/mol. The molecule has 0 radical (unpaired) electrons. The summed E-state index contributed by atoms with van der Waals surface area (Å²) in [6.45, 7) is 0. The summed E-state index contributed by atoms with van der Waals surface area (Å²) in [6, 6.07) is 18.2. The zero-order chi connectivity index (χ0) is 18.6. The summed E-state index contributed by atoms with van der Waals surface area (Å²) < 4.78 is 13.1. The topological polar surface area (TPSA) is 65.4 Å². The number of allylic oxidation sites excluding steroid dienone is 1. The third kappa shape index (κ3) is 3.54. The van der Waals surface area contributed by atoms with Gasteiger partial charge in [0, 0.05) is 22.1 Å². The lowest BCUT2D eigenvalue weighted by Crippen LogP contribution is -1.85. The van der Waals surface area contributed by atoms with E-state index in [-0.39, 0.29) is 5.82 Å². The molecule has 0 aliphatic carbocycles. The van der Waals surface area contributed by atoms with Crippen molar-refractivity contribution in [1.29, 1.82) is 5.26 Å². The van der Waals surface area contributed by atoms with Gasteiger partial charge in [0.15, 0.2) is 0 Å². The molecule has 0 aliphatic heterocycles. The molecule has 27 heavy (non-hydrogen) atoms. The van der Waals surface area contributed by atoms with Crippen molar-refractivity contribution < 1.29 is 4.39 Å². The molecule has 0 spiro atoms. The van der Waals surface area contributed by atoms with E-state index in [2.05, 4.69) is 21.3 Å². The van der Waals surface area contributed by atoms with Crippen LogP contribution in [0.15, 0.2) is 66.2 Å². The first kappa shape index (κ1) is 16.9. The van der Waals surface area contributed by atoms with E-state index in [4.69, 9.17) is 0 Å². The van der Waals surface area contributed by atoms with Crippen LogP contribution >= 0.6 is 11.3 Å². The molecule has 4 nitrogen and oxygen atoms in total. The Morgan fingerprint density at radius 3 is 2.59 bits per heavy atom. The van der Waals surface area contributed by atoms with Crippen LogP contribution in [-0.2, 0) is 0 Å². The number of aromatic nitrogens is 3. The van der Waals surface area contributed by atoms with Gasteiger partial charge in [-0.25, -0.2) is 9.37 Å². The molecular formula is C21H13FN4S. The predicted molar refractivity (Wildman–Crippen MR) is 105 cm³/mol. The highest BCUT2D eigenvalue weighted by Crippen LogP contribution is 2.29. The van der Waals surface area contributed by atoms with E-state index in [0.717, 1.165) is 22.4 Å². The van der Waals surface area contributed by atoms with E-state index in [0.29, 0.717) is 16.3 Å². The number of nitriles is 1. The van der Waals surface area contributed by atoms with E-state index < -0.39 is 0 Å². The van der Waals surface area contributed by atoms with E-state index in [1.165, 1.54) is 23.5 Å². The Morgan fingerprint density at radius 2 is 1.85 bits per heavy atom. The van der Waals surface area contributed by atoms with Crippen molar-refractivity contribution in [1.82, 2.24) is 15.2 Å². The summed E-state index contributed by atoms with van der Waals surface area (Å²) in [4.78, 5) is 4.54. The van der Waals surface area contributed by atoms with Crippen LogP contribution in [0.25, 0.3) is 34.2 Å². The molecule has 0 atom stereocenters. The Morgan fingerprint density at radius 1 is 1.07 bits per heavy atom. The molecule has 0 aliphatic rings. The Labute approximate surface area is 159 Å². The minimum Gasteiger partial charge on any atom is -0.277 e. The summed E-state index contributed by atoms with van der Waals surface area (Å²) >= 11 is 1.38. The third-order valence-electron chi connectivity index (χ3n) is 4.03. The average Bonchev–Trinajstić information content (AvgIpc) is 3.37. The number of aromatic amines is 1. The Balaban J connectivity index is 1.69. The van der Waals surface area contributed by atoms with Crippen LogP contribution in [-0.4, -0.2) is 15.2 Å². The van der Waals surface area contributed by atoms with Gasteiger partial charge in [0.2, 0.25) is 0 Å². The molecule has 1 N–H and O–H groups in total. The second kappa shape index (κ2) is 7.36. The SMILES string of the molecule is N#C/C(=C\c1cn[nH]c1-c1ccccc1)c1nc(-c2ccc(F)cc2)cs1. The highest BCUT2D eigenvalue weighted by atomic mass is 32.1. The van der Waals surface area contributed by atoms with Crippen molar-refractivity contribution in [2.75, 3.05) is 0 Å². The molecule has 0 amide bonds. The molecule has 2 aromatic heterocycles. The summed E-state index contributed by atoms with van der Waals surface area (Å²) in [6.07, 6.45) is 3.47. The van der Waals surface area contributed by atoms with Crippen molar-refractivity contribution in [2.45, 2.75) is 0 Å². The molecule has 130 valence electrons. The minimum absolute atomic E-state index is 0.291. The summed E-state index contributed by atoms with van der Waals surface area (Å²) in [5.41, 5.74) is 4.63. The standard InChI is InChI=1S/C21H13FN4S/c22-18-8-6-14(7-9-18)19-13-27-21(25-19)16(11-23)10-17-12-24-26-20(17)15-4-2-1-3-5-15/h1-10,12-13H,(H,24,26)/b16-10+. The zero-order valence-electron chi connectivity index (χ0n) is 14.1. The van der Waals surface area contributed by atoms with Crippen LogP contribution in [0.3, 0.4) is 0 Å². The quantitative estimate of drug-likeness (QED) is 0.488. The Hall–Kier alpha value is -3.56. The van der Waals surface area contributed by atoms with Gasteiger partial charge in [-0.1, -0.05) is 30.3 Å². The fourth-order valence-electron chi connectivity index (χ4n) is 2.69. The first-order valence-corrected chi connectivity index (χ1v) is 9.05. The molecule has 0 fully saturated rings. The van der Waals surface area contributed by atoms with Crippen LogP contribution in [0.5, 0.6) is 0 Å². The monoisotopic (exact) mass is 372 g/mol. The number of hydrogen-bond acceptors (Lipinski definition) is 4. The number of benzene rings is 2. The maximum Gasteiger partial charge on any atom is 0.134 e. The van der Waals surface area contributed by atoms with Crippen molar-refractivity contribution >= 4 is 23.0 Å². The van der Waals surface area contributed by atoms with Crippen LogP contribution in [0.4, 0.5) is 4.39 Å². The van der Waals surface area contributed by atoms with Crippen LogP contribution < -0.4 is 0 Å². The van der Waals surface area contributed by atoms with Crippen LogP contribution in [0, 0.1) is 17.1 Å². The molecule has 0 bridgehead atoms. The average molecular weight is 372 g/mol. The van der Waals surface area contributed by atoms with Crippen molar-refractivity contribution in [3.63, 3.8) is 0 Å². The number of rotatable bonds is 4. The number of nitrogens with zero attached hydrogens (tertiary/aromatic N) is 3. The van der Waals surface area contributed by atoms with Gasteiger partial charge < -0.3 is 0 Å². The molecule has 2 heterocycles. The highest BCUT2D eigenvalue weighted by Gasteiger charge is 2.12. The first-order valence-electron chi connectivity index (χ1n) is 8.17. The molecule has 0 unspecified atom stereocenters. The maximum absolute atomic E-state index is 13.1. The Kier molecular flexibility index (Phi) is 4.60. The number of halogens is 1. The van der Waals surface area contributed by atoms with Crippen LogP contribution in [0.2, 0.25) is 0 Å². The lowest BCUT2D eigenvalue weighted by Gasteiger charge is -2.00. The number of nitrogens with one attached hydrogen (secondary N) is 1. The number of H-pyrrole nitrogens is 1. The summed E-state index contributed by atoms with van der Waals surface area (Å²) in [5.74, 6) is -0.291. The maximum atomic E-state index is 13.1. The van der Waals surface area contributed by atoms with Gasteiger partial charge in [0.1, 0.15) is 16.9 Å². The van der Waals surface area contributed by atoms with E-state index >= 15 is 0 Å². The predicted octanol–water partition coefficient (Wildman–Crippen LogP) is 5.40. The van der Waals surface area contributed by atoms with E-state index in [1.807, 2.05) is 35.7 Å². The lowest BCUT2D eigenvalue weighted by molar-refractivity contribution is 0.628. The van der Waals surface area contributed by atoms with Gasteiger partial charge in [0.05, 0.1) is 23.2 Å².